The molecule has 1 unspecified atom stereocenters. The van der Waals surface area contributed by atoms with Crippen LogP contribution in [0.25, 0.3) is 0 Å². The van der Waals surface area contributed by atoms with E-state index in [1.54, 1.807) is 11.3 Å². The molecule has 0 saturated heterocycles. The van der Waals surface area contributed by atoms with Crippen LogP contribution in [0.3, 0.4) is 0 Å². The molecule has 1 aromatic heterocycles. The van der Waals surface area contributed by atoms with Gasteiger partial charge in [0.05, 0.1) is 12.1 Å². The van der Waals surface area contributed by atoms with Crippen molar-refractivity contribution in [1.82, 2.24) is 5.32 Å². The summed E-state index contributed by atoms with van der Waals surface area (Å²) in [6.07, 6.45) is 1.30. The van der Waals surface area contributed by atoms with E-state index in [9.17, 15) is 0 Å². The number of rotatable bonds is 7. The van der Waals surface area contributed by atoms with E-state index in [2.05, 4.69) is 71.0 Å². The minimum absolute atomic E-state index is 0.190. The van der Waals surface area contributed by atoms with Gasteiger partial charge in [0.15, 0.2) is 0 Å². The second-order valence-corrected chi connectivity index (χ2v) is 6.90. The van der Waals surface area contributed by atoms with Crippen LogP contribution in [0.2, 0.25) is 0 Å². The van der Waals surface area contributed by atoms with E-state index in [-0.39, 0.29) is 12.1 Å². The highest BCUT2D eigenvalue weighted by molar-refractivity contribution is 9.10. The van der Waals surface area contributed by atoms with Crippen LogP contribution in [0, 0.1) is 0 Å². The molecule has 2 nitrogen and oxygen atoms in total. The van der Waals surface area contributed by atoms with Crippen molar-refractivity contribution in [2.24, 2.45) is 0 Å². The Morgan fingerprint density at radius 1 is 1.29 bits per heavy atom. The van der Waals surface area contributed by atoms with Gasteiger partial charge in [-0.05, 0) is 71.4 Å². The van der Waals surface area contributed by atoms with Gasteiger partial charge in [-0.15, -0.1) is 0 Å². The third-order valence-corrected chi connectivity index (χ3v) is 4.87. The number of benzene rings is 1. The van der Waals surface area contributed by atoms with Crippen molar-refractivity contribution in [3.8, 4) is 5.75 Å². The number of hydrogen-bond acceptors (Lipinski definition) is 3. The molecule has 21 heavy (non-hydrogen) atoms. The van der Waals surface area contributed by atoms with Gasteiger partial charge in [-0.3, -0.25) is 0 Å². The van der Waals surface area contributed by atoms with Gasteiger partial charge in [-0.1, -0.05) is 19.1 Å². The molecule has 0 fully saturated rings. The lowest BCUT2D eigenvalue weighted by atomic mass is 10.0. The second kappa shape index (κ2) is 7.97. The zero-order valence-electron chi connectivity index (χ0n) is 12.7. The van der Waals surface area contributed by atoms with Crippen LogP contribution in [-0.4, -0.2) is 12.6 Å². The van der Waals surface area contributed by atoms with Crippen LogP contribution in [0.1, 0.15) is 44.4 Å². The molecule has 0 aliphatic heterocycles. The maximum absolute atomic E-state index is 5.82. The lowest BCUT2D eigenvalue weighted by molar-refractivity contribution is 0.242. The fourth-order valence-electron chi connectivity index (χ4n) is 2.23. The lowest BCUT2D eigenvalue weighted by Gasteiger charge is -2.20. The number of hydrogen-bond donors (Lipinski definition) is 1. The number of halogens is 1. The average molecular weight is 368 g/mol. The molecule has 0 amide bonds. The first kappa shape index (κ1) is 16.5. The minimum atomic E-state index is 0.190. The van der Waals surface area contributed by atoms with Crippen molar-refractivity contribution >= 4 is 27.3 Å². The molecule has 0 bridgehead atoms. The third kappa shape index (κ3) is 4.56. The molecule has 2 aromatic rings. The summed E-state index contributed by atoms with van der Waals surface area (Å²) in [4.78, 5) is 0. The number of thiophene rings is 1. The van der Waals surface area contributed by atoms with Gasteiger partial charge in [0.25, 0.3) is 0 Å². The van der Waals surface area contributed by atoms with Crippen molar-refractivity contribution in [3.63, 3.8) is 0 Å². The summed E-state index contributed by atoms with van der Waals surface area (Å²) in [6, 6.07) is 8.57. The zero-order valence-corrected chi connectivity index (χ0v) is 15.1. The first-order chi connectivity index (χ1) is 10.1. The Morgan fingerprint density at radius 3 is 2.71 bits per heavy atom. The van der Waals surface area contributed by atoms with E-state index >= 15 is 0 Å². The van der Waals surface area contributed by atoms with Crippen LogP contribution in [0.4, 0.5) is 0 Å². The number of nitrogens with one attached hydrogen (secondary N) is 1. The topological polar surface area (TPSA) is 21.3 Å². The van der Waals surface area contributed by atoms with Gasteiger partial charge in [0.1, 0.15) is 5.75 Å². The lowest BCUT2D eigenvalue weighted by Crippen LogP contribution is -2.23. The normalized spacial score (nSPS) is 12.6. The van der Waals surface area contributed by atoms with E-state index in [1.165, 1.54) is 11.1 Å². The molecule has 1 N–H and O–H groups in total. The second-order valence-electron chi connectivity index (χ2n) is 5.30. The highest BCUT2D eigenvalue weighted by atomic mass is 79.9. The Labute approximate surface area is 139 Å². The summed E-state index contributed by atoms with van der Waals surface area (Å²) in [5, 5.41) is 7.96. The summed E-state index contributed by atoms with van der Waals surface area (Å²) in [5.74, 6) is 0.928. The van der Waals surface area contributed by atoms with Crippen LogP contribution < -0.4 is 10.1 Å². The van der Waals surface area contributed by atoms with Gasteiger partial charge >= 0.3 is 0 Å². The largest absolute Gasteiger partial charge is 0.491 e. The minimum Gasteiger partial charge on any atom is -0.491 e. The van der Waals surface area contributed by atoms with Crippen molar-refractivity contribution in [3.05, 3.63) is 50.6 Å². The van der Waals surface area contributed by atoms with Crippen molar-refractivity contribution in [2.45, 2.75) is 39.3 Å². The van der Waals surface area contributed by atoms with Gasteiger partial charge in [-0.2, -0.15) is 11.3 Å². The van der Waals surface area contributed by atoms with Crippen molar-refractivity contribution in [2.75, 3.05) is 6.54 Å². The fourth-order valence-corrected chi connectivity index (χ4v) is 3.78. The summed E-state index contributed by atoms with van der Waals surface area (Å²) >= 11 is 5.37. The predicted molar refractivity (Wildman–Crippen MR) is 94.4 cm³/mol. The summed E-state index contributed by atoms with van der Waals surface area (Å²) < 4.78 is 6.98. The van der Waals surface area contributed by atoms with Crippen LogP contribution >= 0.6 is 27.3 Å². The molecule has 1 aromatic carbocycles. The van der Waals surface area contributed by atoms with E-state index in [0.717, 1.165) is 23.2 Å². The molecule has 0 saturated carbocycles. The van der Waals surface area contributed by atoms with Gasteiger partial charge < -0.3 is 10.1 Å². The molecular weight excluding hydrogens is 346 g/mol. The highest BCUT2D eigenvalue weighted by Gasteiger charge is 2.17. The Balaban J connectivity index is 2.30. The van der Waals surface area contributed by atoms with Crippen LogP contribution in [0.5, 0.6) is 5.75 Å². The van der Waals surface area contributed by atoms with Crippen LogP contribution in [0.15, 0.2) is 39.5 Å². The van der Waals surface area contributed by atoms with Gasteiger partial charge in [0, 0.05) is 9.85 Å². The SMILES string of the molecule is CCCNC(c1cccc(OC(C)C)c1)c1cscc1Br. The maximum atomic E-state index is 5.82. The molecule has 0 spiro atoms. The third-order valence-electron chi connectivity index (χ3n) is 3.11. The van der Waals surface area contributed by atoms with E-state index < -0.39 is 0 Å². The van der Waals surface area contributed by atoms with E-state index in [1.807, 2.05) is 6.07 Å². The molecule has 114 valence electrons. The first-order valence-corrected chi connectivity index (χ1v) is 9.07. The van der Waals surface area contributed by atoms with Gasteiger partial charge in [-0.25, -0.2) is 0 Å². The quantitative estimate of drug-likeness (QED) is 0.708. The number of ether oxygens (including phenoxy) is 1. The summed E-state index contributed by atoms with van der Waals surface area (Å²) in [5.41, 5.74) is 2.52. The Bertz CT molecular complexity index is 567. The Hall–Kier alpha value is -0.840. The van der Waals surface area contributed by atoms with E-state index in [0.29, 0.717) is 0 Å². The smallest absolute Gasteiger partial charge is 0.120 e. The molecule has 0 radical (unpaired) electrons. The molecule has 1 heterocycles. The maximum Gasteiger partial charge on any atom is 0.120 e. The molecule has 1 atom stereocenters. The fraction of sp³-hybridized carbons (Fsp3) is 0.412. The molecule has 2 rings (SSSR count). The van der Waals surface area contributed by atoms with Crippen molar-refractivity contribution in [1.29, 1.82) is 0 Å². The van der Waals surface area contributed by atoms with Crippen molar-refractivity contribution < 1.29 is 4.74 Å². The van der Waals surface area contributed by atoms with Gasteiger partial charge in [0.2, 0.25) is 0 Å². The first-order valence-electron chi connectivity index (χ1n) is 7.33. The van der Waals surface area contributed by atoms with E-state index in [4.69, 9.17) is 4.74 Å². The monoisotopic (exact) mass is 367 g/mol. The Morgan fingerprint density at radius 2 is 2.10 bits per heavy atom. The zero-order chi connectivity index (χ0) is 15.2. The average Bonchev–Trinajstić information content (AvgIpc) is 2.85. The Kier molecular flexibility index (Phi) is 6.27. The molecule has 4 heteroatoms. The summed E-state index contributed by atoms with van der Waals surface area (Å²) in [6.45, 7) is 7.27. The molecular formula is C17H22BrNOS. The van der Waals surface area contributed by atoms with Crippen LogP contribution in [-0.2, 0) is 0 Å². The summed E-state index contributed by atoms with van der Waals surface area (Å²) in [7, 11) is 0. The standard InChI is InChI=1S/C17H22BrNOS/c1-4-8-19-17(15-10-21-11-16(15)18)13-6-5-7-14(9-13)20-12(2)3/h5-7,9-12,17,19H,4,8H2,1-3H3. The predicted octanol–water partition coefficient (Wildman–Crippen LogP) is 5.39. The molecule has 0 aliphatic carbocycles. The molecule has 0 aliphatic rings. The highest BCUT2D eigenvalue weighted by Crippen LogP contribution is 2.33.